The molecule has 0 bridgehead atoms. The smallest absolute Gasteiger partial charge is 0.0540 e. The summed E-state index contributed by atoms with van der Waals surface area (Å²) >= 11 is 0. The van der Waals surface area contributed by atoms with E-state index in [1.807, 2.05) is 0 Å². The molecule has 0 amide bonds. The monoisotopic (exact) mass is 755 g/mol. The van der Waals surface area contributed by atoms with Crippen LogP contribution in [0.1, 0.15) is 61.2 Å². The number of aromatic nitrogens is 1. The molecule has 0 aliphatic heterocycles. The Morgan fingerprint density at radius 2 is 0.864 bits per heavy atom. The van der Waals surface area contributed by atoms with Crippen LogP contribution in [0.25, 0.3) is 93.4 Å². The zero-order valence-corrected chi connectivity index (χ0v) is 34.5. The van der Waals surface area contributed by atoms with Crippen molar-refractivity contribution in [3.63, 3.8) is 0 Å². The molecule has 2 aliphatic carbocycles. The van der Waals surface area contributed by atoms with E-state index in [2.05, 4.69) is 210 Å². The van der Waals surface area contributed by atoms with Crippen LogP contribution in [0.3, 0.4) is 0 Å². The van der Waals surface area contributed by atoms with Crippen molar-refractivity contribution in [3.8, 4) is 50.2 Å². The molecular formula is C58H45N. The molecule has 0 radical (unpaired) electrons. The van der Waals surface area contributed by atoms with E-state index in [-0.39, 0.29) is 10.8 Å². The van der Waals surface area contributed by atoms with Crippen LogP contribution in [0, 0.1) is 13.8 Å². The van der Waals surface area contributed by atoms with Crippen molar-refractivity contribution in [3.05, 3.63) is 197 Å². The molecule has 0 saturated heterocycles. The van der Waals surface area contributed by atoms with Gasteiger partial charge in [-0.1, -0.05) is 155 Å². The Labute approximate surface area is 346 Å². The Morgan fingerprint density at radius 3 is 1.46 bits per heavy atom. The van der Waals surface area contributed by atoms with Gasteiger partial charge >= 0.3 is 0 Å². The minimum atomic E-state index is -0.103. The Balaban J connectivity index is 1.20. The van der Waals surface area contributed by atoms with Crippen LogP contribution in [0.2, 0.25) is 0 Å². The fraction of sp³-hybridized carbons (Fsp3) is 0.138. The number of hydrogen-bond acceptors (Lipinski definition) is 0. The molecule has 282 valence electrons. The van der Waals surface area contributed by atoms with Gasteiger partial charge in [-0.05, 0) is 155 Å². The topological polar surface area (TPSA) is 4.93 Å². The van der Waals surface area contributed by atoms with E-state index in [4.69, 9.17) is 0 Å². The van der Waals surface area contributed by atoms with Gasteiger partial charge in [0, 0.05) is 27.6 Å². The van der Waals surface area contributed by atoms with Gasteiger partial charge in [-0.25, -0.2) is 0 Å². The van der Waals surface area contributed by atoms with E-state index >= 15 is 0 Å². The molecular weight excluding hydrogens is 711 g/mol. The maximum absolute atomic E-state index is 2.52. The van der Waals surface area contributed by atoms with E-state index in [0.29, 0.717) is 0 Å². The zero-order valence-electron chi connectivity index (χ0n) is 34.5. The average Bonchev–Trinajstić information content (AvgIpc) is 3.75. The average molecular weight is 756 g/mol. The van der Waals surface area contributed by atoms with Crippen molar-refractivity contribution < 1.29 is 0 Å². The van der Waals surface area contributed by atoms with Crippen LogP contribution < -0.4 is 0 Å². The molecule has 0 spiro atoms. The normalized spacial score (nSPS) is 14.5. The Hall–Kier alpha value is -6.70. The summed E-state index contributed by atoms with van der Waals surface area (Å²) in [6, 6.07) is 62.3. The standard InChI is InChI=1S/C58H45N/c1-34-35(2)59(40-26-23-36-15-7-8-16-37(36)29-40)54-33-49-48(32-47(34)54)55(38-24-27-43-41-17-11-13-21-50(41)57(3,4)52(43)30-38)45-19-9-10-20-46(45)56(49)39-25-28-44-42-18-12-14-22-51(42)58(5,6)53(44)31-39/h7-33H,1-6H3. The summed E-state index contributed by atoms with van der Waals surface area (Å²) < 4.78 is 2.49. The van der Waals surface area contributed by atoms with Gasteiger partial charge in [0.15, 0.2) is 0 Å². The second-order valence-corrected chi connectivity index (χ2v) is 18.1. The number of aryl methyl sites for hydroxylation is 1. The number of hydrogen-bond donors (Lipinski definition) is 0. The van der Waals surface area contributed by atoms with Crippen LogP contribution in [0.4, 0.5) is 0 Å². The van der Waals surface area contributed by atoms with E-state index in [1.54, 1.807) is 0 Å². The third-order valence-electron chi connectivity index (χ3n) is 14.4. The quantitative estimate of drug-likeness (QED) is 0.158. The number of nitrogens with zero attached hydrogens (tertiary/aromatic N) is 1. The first-order valence-electron chi connectivity index (χ1n) is 21.1. The summed E-state index contributed by atoms with van der Waals surface area (Å²) in [4.78, 5) is 0. The highest BCUT2D eigenvalue weighted by atomic mass is 15.0. The number of rotatable bonds is 3. The van der Waals surface area contributed by atoms with Crippen molar-refractivity contribution in [2.45, 2.75) is 52.4 Å². The Morgan fingerprint density at radius 1 is 0.373 bits per heavy atom. The SMILES string of the molecule is Cc1c(C)n(-c2ccc3ccccc3c2)c2cc3c(-c4ccc5c(c4)C(C)(C)c4ccccc4-5)c4ccccc4c(-c4ccc5c(c4)C(C)(C)c4ccccc4-5)c3cc12. The summed E-state index contributed by atoms with van der Waals surface area (Å²) in [5, 5.41) is 8.95. The van der Waals surface area contributed by atoms with Gasteiger partial charge in [0.2, 0.25) is 0 Å². The highest BCUT2D eigenvalue weighted by Crippen LogP contribution is 2.54. The lowest BCUT2D eigenvalue weighted by Gasteiger charge is -2.24. The molecule has 0 saturated carbocycles. The second-order valence-electron chi connectivity index (χ2n) is 18.1. The summed E-state index contributed by atoms with van der Waals surface area (Å²) in [6.45, 7) is 14.1. The van der Waals surface area contributed by atoms with Crippen LogP contribution in [-0.2, 0) is 10.8 Å². The lowest BCUT2D eigenvalue weighted by Crippen LogP contribution is -2.15. The van der Waals surface area contributed by atoms with E-state index < -0.39 is 0 Å². The first-order valence-corrected chi connectivity index (χ1v) is 21.1. The van der Waals surface area contributed by atoms with Crippen molar-refractivity contribution >= 4 is 43.2 Å². The molecule has 0 atom stereocenters. The lowest BCUT2D eigenvalue weighted by molar-refractivity contribution is 0.660. The van der Waals surface area contributed by atoms with Gasteiger partial charge in [-0.15, -0.1) is 0 Å². The molecule has 2 aliphatic rings. The predicted molar refractivity (Wildman–Crippen MR) is 251 cm³/mol. The van der Waals surface area contributed by atoms with Crippen LogP contribution in [-0.4, -0.2) is 4.57 Å². The van der Waals surface area contributed by atoms with Gasteiger partial charge in [-0.2, -0.15) is 0 Å². The van der Waals surface area contributed by atoms with Crippen molar-refractivity contribution in [1.29, 1.82) is 0 Å². The largest absolute Gasteiger partial charge is 0.314 e. The fourth-order valence-corrected chi connectivity index (χ4v) is 11.2. The first-order chi connectivity index (χ1) is 28.6. The summed E-state index contributed by atoms with van der Waals surface area (Å²) in [5.41, 5.74) is 21.0. The molecule has 1 nitrogen and oxygen atoms in total. The zero-order chi connectivity index (χ0) is 39.9. The molecule has 10 aromatic rings. The maximum atomic E-state index is 2.52. The molecule has 0 unspecified atom stereocenters. The minimum absolute atomic E-state index is 0.0969. The molecule has 9 aromatic carbocycles. The lowest BCUT2D eigenvalue weighted by atomic mass is 9.79. The highest BCUT2D eigenvalue weighted by molar-refractivity contribution is 6.24. The van der Waals surface area contributed by atoms with E-state index in [9.17, 15) is 0 Å². The Bertz CT molecular complexity index is 3460. The van der Waals surface area contributed by atoms with Gasteiger partial charge in [0.1, 0.15) is 0 Å². The van der Waals surface area contributed by atoms with E-state index in [0.717, 1.165) is 0 Å². The van der Waals surface area contributed by atoms with Crippen LogP contribution in [0.15, 0.2) is 164 Å². The predicted octanol–water partition coefficient (Wildman–Crippen LogP) is 15.7. The highest BCUT2D eigenvalue weighted by Gasteiger charge is 2.37. The third kappa shape index (κ3) is 4.62. The van der Waals surface area contributed by atoms with Gasteiger partial charge in [-0.3, -0.25) is 0 Å². The molecule has 1 aromatic heterocycles. The van der Waals surface area contributed by atoms with Gasteiger partial charge in [0.25, 0.3) is 0 Å². The van der Waals surface area contributed by atoms with Crippen LogP contribution >= 0.6 is 0 Å². The summed E-state index contributed by atoms with van der Waals surface area (Å²) in [6.07, 6.45) is 0. The van der Waals surface area contributed by atoms with Crippen LogP contribution in [0.5, 0.6) is 0 Å². The molecule has 1 heterocycles. The summed E-state index contributed by atoms with van der Waals surface area (Å²) in [7, 11) is 0. The minimum Gasteiger partial charge on any atom is -0.314 e. The van der Waals surface area contributed by atoms with E-state index in [1.165, 1.54) is 127 Å². The molecule has 0 fully saturated rings. The number of benzene rings is 9. The molecule has 0 N–H and O–H groups in total. The third-order valence-corrected chi connectivity index (χ3v) is 14.4. The molecule has 1 heteroatoms. The second kappa shape index (κ2) is 11.9. The fourth-order valence-electron chi connectivity index (χ4n) is 11.2. The van der Waals surface area contributed by atoms with Gasteiger partial charge < -0.3 is 4.57 Å². The van der Waals surface area contributed by atoms with Crippen molar-refractivity contribution in [2.75, 3.05) is 0 Å². The van der Waals surface area contributed by atoms with Gasteiger partial charge in [0.05, 0.1) is 5.52 Å². The number of fused-ring (bicyclic) bond motifs is 10. The van der Waals surface area contributed by atoms with Crippen molar-refractivity contribution in [2.24, 2.45) is 0 Å². The van der Waals surface area contributed by atoms with Crippen molar-refractivity contribution in [1.82, 2.24) is 4.57 Å². The molecule has 12 rings (SSSR count). The molecule has 59 heavy (non-hydrogen) atoms. The summed E-state index contributed by atoms with van der Waals surface area (Å²) in [5.74, 6) is 0. The maximum Gasteiger partial charge on any atom is 0.0540 e. The Kier molecular flexibility index (Phi) is 6.95. The first kappa shape index (κ1) is 34.4.